The fraction of sp³-hybridized carbons (Fsp3) is 0.323. The molecule has 5 rings (SSSR count). The van der Waals surface area contributed by atoms with Gasteiger partial charge in [-0.05, 0) is 98.0 Å². The number of hydrogen-bond acceptors (Lipinski definition) is 5. The van der Waals surface area contributed by atoms with Crippen LogP contribution in [-0.2, 0) is 4.79 Å². The molecule has 0 aliphatic carbocycles. The van der Waals surface area contributed by atoms with Crippen molar-refractivity contribution in [3.8, 4) is 11.1 Å². The molecule has 0 bridgehead atoms. The highest BCUT2D eigenvalue weighted by Crippen LogP contribution is 2.41. The number of nitrogens with two attached hydrogens (primary N) is 1. The van der Waals surface area contributed by atoms with E-state index in [0.717, 1.165) is 52.2 Å². The Labute approximate surface area is 234 Å². The van der Waals surface area contributed by atoms with E-state index in [9.17, 15) is 9.59 Å². The third kappa shape index (κ3) is 5.70. The Bertz CT molecular complexity index is 1430. The van der Waals surface area contributed by atoms with E-state index < -0.39 is 11.9 Å². The van der Waals surface area contributed by atoms with Gasteiger partial charge in [-0.3, -0.25) is 9.59 Å². The van der Waals surface area contributed by atoms with Crippen LogP contribution in [0.5, 0.6) is 0 Å². The number of carbonyl (C=O) groups excluding carboxylic acids is 2. The molecule has 0 radical (unpaired) electrons. The summed E-state index contributed by atoms with van der Waals surface area (Å²) in [5.41, 5.74) is 12.1. The summed E-state index contributed by atoms with van der Waals surface area (Å²) < 4.78 is 0. The zero-order valence-corrected chi connectivity index (χ0v) is 23.3. The van der Waals surface area contributed by atoms with Gasteiger partial charge in [0.15, 0.2) is 0 Å². The van der Waals surface area contributed by atoms with Crippen molar-refractivity contribution in [1.82, 2.24) is 10.2 Å². The number of benzene rings is 3. The average molecular weight is 544 g/mol. The first-order valence-corrected chi connectivity index (χ1v) is 13.7. The summed E-state index contributed by atoms with van der Waals surface area (Å²) in [5.74, 6) is -0.501. The predicted octanol–water partition coefficient (Wildman–Crippen LogP) is 5.54. The summed E-state index contributed by atoms with van der Waals surface area (Å²) in [4.78, 5) is 34.6. The number of rotatable bonds is 6. The fourth-order valence-corrected chi connectivity index (χ4v) is 5.86. The summed E-state index contributed by atoms with van der Waals surface area (Å²) in [5, 5.41) is 4.15. The highest BCUT2D eigenvalue weighted by Gasteiger charge is 2.35. The number of hydrogen-bond donors (Lipinski definition) is 2. The molecule has 1 saturated heterocycles. The number of halogens is 1. The lowest BCUT2D eigenvalue weighted by molar-refractivity contribution is -0.131. The zero-order chi connectivity index (χ0) is 27.7. The second-order valence-electron chi connectivity index (χ2n) is 10.6. The van der Waals surface area contributed by atoms with Gasteiger partial charge in [-0.25, -0.2) is 4.99 Å². The van der Waals surface area contributed by atoms with Gasteiger partial charge in [-0.15, -0.1) is 0 Å². The Morgan fingerprint density at radius 1 is 1.13 bits per heavy atom. The third-order valence-electron chi connectivity index (χ3n) is 7.57. The number of piperidine rings is 1. The normalized spacial score (nSPS) is 18.5. The molecule has 3 aromatic carbocycles. The van der Waals surface area contributed by atoms with Gasteiger partial charge in [0, 0.05) is 41.5 Å². The van der Waals surface area contributed by atoms with Crippen molar-refractivity contribution < 1.29 is 9.59 Å². The van der Waals surface area contributed by atoms with Crippen LogP contribution >= 0.6 is 11.6 Å². The van der Waals surface area contributed by atoms with Gasteiger partial charge in [0.2, 0.25) is 11.8 Å². The summed E-state index contributed by atoms with van der Waals surface area (Å²) in [6.45, 7) is 5.60. The summed E-state index contributed by atoms with van der Waals surface area (Å²) in [6, 6.07) is 16.7. The number of carbonyl (C=O) groups is 2. The van der Waals surface area contributed by atoms with Gasteiger partial charge in [-0.2, -0.15) is 0 Å². The number of nitrogens with one attached hydrogen (secondary N) is 1. The van der Waals surface area contributed by atoms with E-state index in [4.69, 9.17) is 22.3 Å². The van der Waals surface area contributed by atoms with Crippen LogP contribution in [0, 0.1) is 13.8 Å². The van der Waals surface area contributed by atoms with Gasteiger partial charge in [-0.1, -0.05) is 30.2 Å². The standard InChI is InChI=1S/C31H34ClN5O2/c1-19-11-23(32)15-25(12-19)37-18-35-28-13-20(2)26(21-7-6-8-22(14-21)30(33)38)16-27(28)29(37)31(39)36(3)17-24-9-4-5-10-34-24/h6-8,11-16,18,24,29,34H,4-5,9-10,17H2,1-3H3,(H2,33,38)/t24-,29?/m0/s1. The van der Waals surface area contributed by atoms with Crippen LogP contribution in [0.3, 0.4) is 0 Å². The van der Waals surface area contributed by atoms with E-state index in [2.05, 4.69) is 5.32 Å². The Morgan fingerprint density at radius 2 is 1.95 bits per heavy atom. The lowest BCUT2D eigenvalue weighted by atomic mass is 9.91. The quantitative estimate of drug-likeness (QED) is 0.427. The second-order valence-corrected chi connectivity index (χ2v) is 11.0. The number of fused-ring (bicyclic) bond motifs is 1. The van der Waals surface area contributed by atoms with Gasteiger partial charge in [0.05, 0.1) is 12.0 Å². The molecule has 0 aromatic heterocycles. The minimum Gasteiger partial charge on any atom is -0.366 e. The van der Waals surface area contributed by atoms with Crippen molar-refractivity contribution in [3.63, 3.8) is 0 Å². The lowest BCUT2D eigenvalue weighted by Crippen LogP contribution is -2.48. The van der Waals surface area contributed by atoms with Crippen LogP contribution in [0.4, 0.5) is 11.4 Å². The lowest BCUT2D eigenvalue weighted by Gasteiger charge is -2.37. The van der Waals surface area contributed by atoms with Crippen molar-refractivity contribution in [2.45, 2.75) is 45.2 Å². The number of aryl methyl sites for hydroxylation is 2. The SMILES string of the molecule is Cc1cc(Cl)cc(N2C=Nc3cc(C)c(-c4cccc(C(N)=O)c4)cc3C2C(=O)N(C)C[C@@H]2CCCCN2)c1. The van der Waals surface area contributed by atoms with Crippen molar-refractivity contribution in [1.29, 1.82) is 0 Å². The maximum absolute atomic E-state index is 14.3. The van der Waals surface area contributed by atoms with Crippen LogP contribution in [0.15, 0.2) is 59.6 Å². The molecule has 39 heavy (non-hydrogen) atoms. The molecule has 1 fully saturated rings. The van der Waals surface area contributed by atoms with Crippen molar-refractivity contribution >= 4 is 41.1 Å². The van der Waals surface area contributed by atoms with Crippen LogP contribution < -0.4 is 16.0 Å². The second kappa shape index (κ2) is 11.2. The largest absolute Gasteiger partial charge is 0.366 e. The number of likely N-dealkylation sites (N-methyl/N-ethyl adjacent to an activating group) is 1. The Balaban J connectivity index is 1.60. The molecule has 2 aliphatic heterocycles. The van der Waals surface area contributed by atoms with E-state index in [-0.39, 0.29) is 11.9 Å². The molecule has 3 aromatic rings. The molecule has 202 valence electrons. The maximum Gasteiger partial charge on any atom is 0.250 e. The number of anilines is 1. The minimum atomic E-state index is -0.636. The molecule has 2 aliphatic rings. The van der Waals surface area contributed by atoms with E-state index in [0.29, 0.717) is 17.1 Å². The molecule has 2 atom stereocenters. The molecule has 7 nitrogen and oxygen atoms in total. The van der Waals surface area contributed by atoms with Gasteiger partial charge in [0.25, 0.3) is 0 Å². The van der Waals surface area contributed by atoms with E-state index in [1.54, 1.807) is 18.5 Å². The molecule has 0 saturated carbocycles. The van der Waals surface area contributed by atoms with E-state index in [1.807, 2.05) is 73.2 Å². The van der Waals surface area contributed by atoms with Crippen LogP contribution in [0.25, 0.3) is 11.1 Å². The smallest absolute Gasteiger partial charge is 0.250 e. The highest BCUT2D eigenvalue weighted by atomic mass is 35.5. The fourth-order valence-electron chi connectivity index (χ4n) is 5.58. The van der Waals surface area contributed by atoms with Crippen LogP contribution in [-0.4, -0.2) is 49.2 Å². The first kappa shape index (κ1) is 26.9. The topological polar surface area (TPSA) is 91.0 Å². The molecule has 8 heteroatoms. The van der Waals surface area contributed by atoms with Gasteiger partial charge < -0.3 is 20.9 Å². The average Bonchev–Trinajstić information content (AvgIpc) is 2.91. The molecule has 2 heterocycles. The van der Waals surface area contributed by atoms with Crippen molar-refractivity contribution in [2.75, 3.05) is 25.0 Å². The summed E-state index contributed by atoms with van der Waals surface area (Å²) in [6.07, 6.45) is 5.12. The highest BCUT2D eigenvalue weighted by molar-refractivity contribution is 6.31. The summed E-state index contributed by atoms with van der Waals surface area (Å²) >= 11 is 6.44. The third-order valence-corrected chi connectivity index (χ3v) is 7.79. The van der Waals surface area contributed by atoms with Gasteiger partial charge in [0.1, 0.15) is 6.04 Å². The minimum absolute atomic E-state index is 0.0203. The molecule has 3 N–H and O–H groups in total. The first-order chi connectivity index (χ1) is 18.7. The number of nitrogens with zero attached hydrogens (tertiary/aromatic N) is 3. The zero-order valence-electron chi connectivity index (χ0n) is 22.6. The monoisotopic (exact) mass is 543 g/mol. The van der Waals surface area contributed by atoms with E-state index in [1.165, 1.54) is 12.8 Å². The van der Waals surface area contributed by atoms with Gasteiger partial charge >= 0.3 is 0 Å². The molecule has 0 spiro atoms. The van der Waals surface area contributed by atoms with Crippen molar-refractivity contribution in [2.24, 2.45) is 10.7 Å². The van der Waals surface area contributed by atoms with Crippen LogP contribution in [0.2, 0.25) is 5.02 Å². The molecule has 1 unspecified atom stereocenters. The van der Waals surface area contributed by atoms with Crippen molar-refractivity contribution in [3.05, 3.63) is 81.9 Å². The molecular weight excluding hydrogens is 510 g/mol. The predicted molar refractivity (Wildman–Crippen MR) is 158 cm³/mol. The maximum atomic E-state index is 14.3. The first-order valence-electron chi connectivity index (χ1n) is 13.3. The number of primary amides is 1. The Hall–Kier alpha value is -3.68. The van der Waals surface area contributed by atoms with Crippen LogP contribution in [0.1, 0.15) is 52.4 Å². The number of amides is 2. The molecule has 2 amide bonds. The Morgan fingerprint density at radius 3 is 2.67 bits per heavy atom. The number of aliphatic imine (C=N–C) groups is 1. The summed E-state index contributed by atoms with van der Waals surface area (Å²) in [7, 11) is 1.87. The van der Waals surface area contributed by atoms with E-state index >= 15 is 0 Å². The molecular formula is C31H34ClN5O2. The Kier molecular flexibility index (Phi) is 7.73.